The van der Waals surface area contributed by atoms with Crippen LogP contribution in [0.15, 0.2) is 159 Å². The van der Waals surface area contributed by atoms with E-state index in [9.17, 15) is 39.6 Å². The number of ketones is 4. The lowest BCUT2D eigenvalue weighted by Gasteiger charge is -2.21. The normalized spacial score (nSPS) is 11.9. The molecule has 30 heteroatoms. The van der Waals surface area contributed by atoms with Gasteiger partial charge in [0.25, 0.3) is 0 Å². The number of fused-ring (bicyclic) bond motifs is 4. The first kappa shape index (κ1) is 99.7. The number of aromatic nitrogens is 10. The van der Waals surface area contributed by atoms with Gasteiger partial charge in [0.05, 0.1) is 57.8 Å². The molecule has 26 nitrogen and oxygen atoms in total. The largest absolute Gasteiger partial charge is 0.392 e. The molecule has 4 aromatic carbocycles. The number of benzene rings is 4. The molecule has 0 bridgehead atoms. The monoisotopic (exact) mass is 1800 g/mol. The molecule has 0 aliphatic rings. The molecule has 0 amide bonds. The van der Waals surface area contributed by atoms with Crippen molar-refractivity contribution < 1.29 is 39.6 Å². The van der Waals surface area contributed by atoms with E-state index < -0.39 is 24.4 Å². The second kappa shape index (κ2) is 50.5. The van der Waals surface area contributed by atoms with Crippen LogP contribution in [-0.4, -0.2) is 216 Å². The number of hydrogen-bond donors (Lipinski definition) is 8. The number of carbonyl (C=O) groups excluding carboxylic acids is 4. The van der Waals surface area contributed by atoms with E-state index in [0.717, 1.165) is 95.4 Å². The maximum absolute atomic E-state index is 12.4. The van der Waals surface area contributed by atoms with E-state index in [-0.39, 0.29) is 60.5 Å². The number of nitrogen functional groups attached to an aromatic ring is 4. The molecular weight excluding hydrogens is 1700 g/mol. The van der Waals surface area contributed by atoms with E-state index in [0.29, 0.717) is 151 Å². The number of carbonyl (C=O) groups is 4. The fraction of sp³-hybridized carbons (Fsp3) is 0.327. The zero-order chi connectivity index (χ0) is 92.3. The van der Waals surface area contributed by atoms with Crippen LogP contribution in [0.1, 0.15) is 193 Å². The number of hydrogen-bond acceptors (Lipinski definition) is 26. The Hall–Kier alpha value is -12.1. The highest BCUT2D eigenvalue weighted by molar-refractivity contribution is 6.32. The molecular formula is C98H106Cl4N18O8. The average Bonchev–Trinajstić information content (AvgIpc) is 0.817. The molecule has 4 atom stereocenters. The molecule has 128 heavy (non-hydrogen) atoms. The number of nitrogens with two attached hydrogens (primary N) is 4. The van der Waals surface area contributed by atoms with Crippen molar-refractivity contribution in [2.45, 2.75) is 131 Å². The van der Waals surface area contributed by atoms with Crippen LogP contribution in [0.2, 0.25) is 20.1 Å². The molecule has 12 aromatic rings. The highest BCUT2D eigenvalue weighted by atomic mass is 35.5. The number of pyridine rings is 6. The lowest BCUT2D eigenvalue weighted by atomic mass is 10.1. The van der Waals surface area contributed by atoms with Crippen LogP contribution in [0.3, 0.4) is 0 Å². The maximum Gasteiger partial charge on any atom is 0.205 e. The van der Waals surface area contributed by atoms with Crippen LogP contribution < -0.4 is 22.9 Å². The Morgan fingerprint density at radius 1 is 0.320 bits per heavy atom. The summed E-state index contributed by atoms with van der Waals surface area (Å²) in [5.41, 5.74) is 29.4. The van der Waals surface area contributed by atoms with Gasteiger partial charge in [-0.1, -0.05) is 162 Å². The zero-order valence-corrected chi connectivity index (χ0v) is 76.0. The summed E-state index contributed by atoms with van der Waals surface area (Å²) in [5.74, 6) is 25.1. The number of aliphatic hydroxyl groups excluding tert-OH is 4. The molecule has 0 spiro atoms. The van der Waals surface area contributed by atoms with Crippen molar-refractivity contribution in [3.63, 3.8) is 0 Å². The molecule has 8 aromatic heterocycles. The predicted octanol–water partition coefficient (Wildman–Crippen LogP) is 14.5. The third-order valence-corrected chi connectivity index (χ3v) is 22.0. The maximum atomic E-state index is 12.4. The first-order chi connectivity index (χ1) is 61.6. The summed E-state index contributed by atoms with van der Waals surface area (Å²) < 4.78 is 0. The summed E-state index contributed by atoms with van der Waals surface area (Å²) in [7, 11) is 0. The molecule has 0 radical (unpaired) electrons. The van der Waals surface area contributed by atoms with Crippen LogP contribution >= 0.6 is 46.4 Å². The summed E-state index contributed by atoms with van der Waals surface area (Å²) in [6.45, 7) is 25.6. The van der Waals surface area contributed by atoms with Crippen molar-refractivity contribution in [1.29, 1.82) is 0 Å². The Morgan fingerprint density at radius 2 is 0.641 bits per heavy atom. The van der Waals surface area contributed by atoms with Crippen LogP contribution in [0.25, 0.3) is 43.1 Å². The molecule has 0 aliphatic heterocycles. The smallest absolute Gasteiger partial charge is 0.205 e. The van der Waals surface area contributed by atoms with Gasteiger partial charge in [0.2, 0.25) is 5.82 Å². The second-order valence-corrected chi connectivity index (χ2v) is 31.6. The number of likely N-dealkylation sites (N-methyl/N-ethyl adjacent to an activating group) is 4. The summed E-state index contributed by atoms with van der Waals surface area (Å²) in [6, 6.07) is 28.6. The van der Waals surface area contributed by atoms with Crippen molar-refractivity contribution in [3.05, 3.63) is 247 Å². The third-order valence-electron chi connectivity index (χ3n) is 21.1. The van der Waals surface area contributed by atoms with E-state index in [1.807, 2.05) is 64.1 Å². The van der Waals surface area contributed by atoms with Gasteiger partial charge in [-0.05, 0) is 163 Å². The fourth-order valence-electron chi connectivity index (χ4n) is 13.4. The SMILES string of the molecule is CCN(CC)CC(O)CCC(=O)c1ccc(C#Cc2c(N)ncc3ccc(Cl)cc23)cn1.CCN(CC)CC(O)CCC(=O)c1ccc(C#Cc2c(N)ncc3ccc(Cl)cc23)nc1.CCN(CC)CC(O)CCC(=O)c1cnc(C#Cc2c(N)ncc3ccc(Cl)cc23)nc1.CCN(CC)CC(O)CCC(=O)c1ncc(C#Cc2c(N)ncc3ccc(Cl)cc23)cn1. The minimum atomic E-state index is -0.558. The minimum absolute atomic E-state index is 0.0484. The molecule has 0 fully saturated rings. The Bertz CT molecular complexity index is 5320. The van der Waals surface area contributed by atoms with Crippen molar-refractivity contribution in [3.8, 4) is 47.4 Å². The molecule has 0 aliphatic carbocycles. The van der Waals surface area contributed by atoms with E-state index >= 15 is 0 Å². The molecule has 12 rings (SSSR count). The van der Waals surface area contributed by atoms with E-state index in [1.54, 1.807) is 91.6 Å². The summed E-state index contributed by atoms with van der Waals surface area (Å²) in [5, 5.41) is 49.8. The molecule has 4 unspecified atom stereocenters. The van der Waals surface area contributed by atoms with E-state index in [2.05, 4.69) is 144 Å². The first-order valence-corrected chi connectivity index (χ1v) is 43.9. The summed E-state index contributed by atoms with van der Waals surface area (Å²) in [6.07, 6.45) is 16.1. The number of rotatable bonds is 32. The van der Waals surface area contributed by atoms with Crippen LogP contribution in [0, 0.1) is 47.4 Å². The third kappa shape index (κ3) is 30.0. The van der Waals surface area contributed by atoms with Gasteiger partial charge >= 0.3 is 0 Å². The van der Waals surface area contributed by atoms with Crippen molar-refractivity contribution in [1.82, 2.24) is 69.4 Å². The molecule has 12 N–H and O–H groups in total. The Balaban J connectivity index is 0.000000193. The van der Waals surface area contributed by atoms with Crippen molar-refractivity contribution in [2.75, 3.05) is 101 Å². The van der Waals surface area contributed by atoms with Gasteiger partial charge < -0.3 is 63.0 Å². The van der Waals surface area contributed by atoms with Gasteiger partial charge in [0.1, 0.15) is 34.7 Å². The Kier molecular flexibility index (Phi) is 39.3. The van der Waals surface area contributed by atoms with E-state index in [4.69, 9.17) is 69.3 Å². The number of Topliss-reactive ketones (excluding diaryl/α,β-unsaturated/α-hetero) is 4. The van der Waals surface area contributed by atoms with Gasteiger partial charge in [-0.15, -0.1) is 0 Å². The van der Waals surface area contributed by atoms with E-state index in [1.165, 1.54) is 31.0 Å². The standard InChI is InChI=1S/2C25H27ClN4O2.2C24H26ClN5O2/c1-3-30(4-2)16-20(31)9-12-24(32)23-11-6-17(14-28-23)5-10-21-22-13-19(26)8-7-18(22)15-29-25(21)27;1-3-30(4-2)16-21(31)10-12-24(32)18-6-8-20(28-15-18)9-11-22-23-13-19(26)7-5-17(23)14-29-25(22)27;1-3-30(4-2)15-19(31)8-10-22(32)24-28-12-16(13-29-24)5-9-20-21-11-18(25)7-6-17(21)14-27-23(20)26;1-3-30(4-2)15-19(31)7-9-22(32)17-13-27-23(28-14-17)10-8-20-21-11-18(25)6-5-16(21)12-29-24(20)26/h6-8,11,13-15,20,31H,3-4,9,12,16H2,1-2H3,(H2,27,29);5-8,13-15,21,31H,3-4,10,12,16H2,1-2H3,(H2,27,29);6-7,11-14,19,31H,3-4,8,10,15H2,1-2H3,(H2,26,27);5-6,11-14,19,31H,3-4,7,9,15H2,1-2H3,(H2,26,29). The molecule has 0 saturated carbocycles. The topological polar surface area (TPSA) is 395 Å². The van der Waals surface area contributed by atoms with Crippen LogP contribution in [0.5, 0.6) is 0 Å². The highest BCUT2D eigenvalue weighted by Crippen LogP contribution is 2.30. The zero-order valence-electron chi connectivity index (χ0n) is 73.0. The molecule has 0 saturated heterocycles. The van der Waals surface area contributed by atoms with Crippen molar-refractivity contribution >= 4 is 136 Å². The summed E-state index contributed by atoms with van der Waals surface area (Å²) in [4.78, 5) is 100. The van der Waals surface area contributed by atoms with Crippen molar-refractivity contribution in [2.24, 2.45) is 0 Å². The summed E-state index contributed by atoms with van der Waals surface area (Å²) >= 11 is 24.5. The quantitative estimate of drug-likeness (QED) is 0.0143. The average molecular weight is 1810 g/mol. The number of nitrogens with zero attached hydrogens (tertiary/aromatic N) is 14. The Morgan fingerprint density at radius 3 is 0.984 bits per heavy atom. The lowest BCUT2D eigenvalue weighted by molar-refractivity contribution is 0.0867. The van der Waals surface area contributed by atoms with Gasteiger partial charge in [0, 0.05) is 188 Å². The number of aliphatic hydroxyl groups is 4. The fourth-order valence-corrected chi connectivity index (χ4v) is 14.1. The minimum Gasteiger partial charge on any atom is -0.392 e. The van der Waals surface area contributed by atoms with Gasteiger partial charge in [-0.25, -0.2) is 44.9 Å². The Labute approximate surface area is 766 Å². The van der Waals surface area contributed by atoms with Gasteiger partial charge in [0.15, 0.2) is 29.0 Å². The first-order valence-electron chi connectivity index (χ1n) is 42.4. The van der Waals surface area contributed by atoms with Gasteiger partial charge in [-0.3, -0.25) is 24.2 Å². The van der Waals surface area contributed by atoms with Gasteiger partial charge in [-0.2, -0.15) is 0 Å². The second-order valence-electron chi connectivity index (χ2n) is 29.9. The molecule has 664 valence electrons. The number of anilines is 4. The lowest BCUT2D eigenvalue weighted by Crippen LogP contribution is -2.32. The van der Waals surface area contributed by atoms with Crippen LogP contribution in [-0.2, 0) is 0 Å². The molecule has 8 heterocycles. The highest BCUT2D eigenvalue weighted by Gasteiger charge is 2.20. The number of halogens is 4. The predicted molar refractivity (Wildman–Crippen MR) is 511 cm³/mol. The van der Waals surface area contributed by atoms with Crippen LogP contribution in [0.4, 0.5) is 23.3 Å².